The van der Waals surface area contributed by atoms with E-state index >= 15 is 0 Å². The lowest BCUT2D eigenvalue weighted by atomic mass is 9.80. The minimum Gasteiger partial charge on any atom is -0.374 e. The lowest BCUT2D eigenvalue weighted by Crippen LogP contribution is -2.45. The molecule has 0 rings (SSSR count). The predicted octanol–water partition coefficient (Wildman–Crippen LogP) is 1.75. The highest BCUT2D eigenvalue weighted by atomic mass is 16.5. The molecule has 15 heavy (non-hydrogen) atoms. The highest BCUT2D eigenvalue weighted by Gasteiger charge is 2.29. The maximum absolute atomic E-state index is 5.86. The summed E-state index contributed by atoms with van der Waals surface area (Å²) in [5.74, 6) is 0.431. The van der Waals surface area contributed by atoms with Gasteiger partial charge in [-0.15, -0.1) is 0 Å². The molecule has 0 aromatic carbocycles. The van der Waals surface area contributed by atoms with E-state index in [1.54, 1.807) is 0 Å². The van der Waals surface area contributed by atoms with Gasteiger partial charge in [-0.05, 0) is 38.6 Å². The van der Waals surface area contributed by atoms with Crippen LogP contribution in [0.5, 0.6) is 0 Å². The van der Waals surface area contributed by atoms with E-state index in [4.69, 9.17) is 16.2 Å². The zero-order valence-corrected chi connectivity index (χ0v) is 11.1. The fourth-order valence-corrected chi connectivity index (χ4v) is 0.898. The maximum atomic E-state index is 5.86. The number of hydrogen-bond donors (Lipinski definition) is 2. The first-order valence-corrected chi connectivity index (χ1v) is 5.73. The van der Waals surface area contributed by atoms with Crippen LogP contribution in [-0.4, -0.2) is 24.8 Å². The van der Waals surface area contributed by atoms with Gasteiger partial charge in [-0.3, -0.25) is 0 Å². The van der Waals surface area contributed by atoms with Gasteiger partial charge in [0.25, 0.3) is 0 Å². The van der Waals surface area contributed by atoms with Gasteiger partial charge < -0.3 is 16.2 Å². The quantitative estimate of drug-likeness (QED) is 0.711. The van der Waals surface area contributed by atoms with Crippen LogP contribution in [0.3, 0.4) is 0 Å². The molecule has 92 valence electrons. The van der Waals surface area contributed by atoms with E-state index in [1.807, 2.05) is 20.8 Å². The van der Waals surface area contributed by atoms with Crippen molar-refractivity contribution >= 4 is 0 Å². The summed E-state index contributed by atoms with van der Waals surface area (Å²) in [7, 11) is 0. The predicted molar refractivity (Wildman–Crippen MR) is 65.7 cm³/mol. The van der Waals surface area contributed by atoms with Gasteiger partial charge in [-0.1, -0.05) is 20.8 Å². The average molecular weight is 216 g/mol. The molecule has 0 saturated heterocycles. The van der Waals surface area contributed by atoms with Crippen LogP contribution in [-0.2, 0) is 4.74 Å². The van der Waals surface area contributed by atoms with Gasteiger partial charge in [0.2, 0.25) is 0 Å². The summed E-state index contributed by atoms with van der Waals surface area (Å²) in [6.45, 7) is 13.9. The monoisotopic (exact) mass is 216 g/mol. The molecule has 0 spiro atoms. The van der Waals surface area contributed by atoms with Crippen molar-refractivity contribution < 1.29 is 4.74 Å². The highest BCUT2D eigenvalue weighted by molar-refractivity contribution is 4.81. The van der Waals surface area contributed by atoms with Gasteiger partial charge in [-0.2, -0.15) is 0 Å². The number of ether oxygens (including phenoxy) is 1. The van der Waals surface area contributed by atoms with Crippen molar-refractivity contribution in [1.29, 1.82) is 0 Å². The summed E-state index contributed by atoms with van der Waals surface area (Å²) >= 11 is 0. The third-order valence-electron chi connectivity index (χ3n) is 3.66. The van der Waals surface area contributed by atoms with E-state index in [0.717, 1.165) is 0 Å². The third-order valence-corrected chi connectivity index (χ3v) is 3.66. The summed E-state index contributed by atoms with van der Waals surface area (Å²) in [5, 5.41) is 0. The Labute approximate surface area is 94.5 Å². The van der Waals surface area contributed by atoms with Crippen molar-refractivity contribution in [3.8, 4) is 0 Å². The topological polar surface area (TPSA) is 61.3 Å². The molecule has 0 fully saturated rings. The molecule has 0 aromatic heterocycles. The maximum Gasteiger partial charge on any atom is 0.0774 e. The van der Waals surface area contributed by atoms with Gasteiger partial charge in [0.15, 0.2) is 0 Å². The molecular formula is C12H28N2O. The van der Waals surface area contributed by atoms with Crippen molar-refractivity contribution in [2.75, 3.05) is 13.2 Å². The van der Waals surface area contributed by atoms with E-state index < -0.39 is 0 Å². The second-order valence-electron chi connectivity index (χ2n) is 5.80. The molecule has 3 nitrogen and oxygen atoms in total. The van der Waals surface area contributed by atoms with Crippen molar-refractivity contribution in [1.82, 2.24) is 0 Å². The highest BCUT2D eigenvalue weighted by Crippen LogP contribution is 2.27. The van der Waals surface area contributed by atoms with Crippen molar-refractivity contribution in [3.05, 3.63) is 0 Å². The Bertz CT molecular complexity index is 188. The molecule has 3 heteroatoms. The molecule has 2 atom stereocenters. The molecule has 0 heterocycles. The Kier molecular flexibility index (Phi) is 5.24. The van der Waals surface area contributed by atoms with Gasteiger partial charge in [0.05, 0.1) is 12.2 Å². The van der Waals surface area contributed by atoms with Crippen molar-refractivity contribution in [3.63, 3.8) is 0 Å². The van der Waals surface area contributed by atoms with E-state index in [1.165, 1.54) is 0 Å². The first-order valence-electron chi connectivity index (χ1n) is 5.73. The first kappa shape index (κ1) is 14.9. The standard InChI is InChI=1S/C12H28N2O/c1-9(11(3,4)8-13)7-15-12(5,6)10(2)14/h9-10H,7-8,13-14H2,1-6H3. The van der Waals surface area contributed by atoms with Crippen LogP contribution in [0, 0.1) is 11.3 Å². The van der Waals surface area contributed by atoms with Crippen LogP contribution in [0.25, 0.3) is 0 Å². The summed E-state index contributed by atoms with van der Waals surface area (Å²) in [6.07, 6.45) is 0. The minimum absolute atomic E-state index is 0.0330. The van der Waals surface area contributed by atoms with Crippen molar-refractivity contribution in [2.24, 2.45) is 22.8 Å². The number of nitrogens with two attached hydrogens (primary N) is 2. The second-order valence-corrected chi connectivity index (χ2v) is 5.80. The lowest BCUT2D eigenvalue weighted by Gasteiger charge is -2.35. The van der Waals surface area contributed by atoms with Gasteiger partial charge in [0, 0.05) is 6.04 Å². The molecule has 0 aliphatic carbocycles. The summed E-state index contributed by atoms with van der Waals surface area (Å²) in [6, 6.07) is 0.0330. The Morgan fingerprint density at radius 2 is 1.60 bits per heavy atom. The first-order chi connectivity index (χ1) is 6.63. The third kappa shape index (κ3) is 4.49. The molecule has 0 amide bonds. The normalized spacial score (nSPS) is 17.6. The van der Waals surface area contributed by atoms with Crippen LogP contribution >= 0.6 is 0 Å². The Hall–Kier alpha value is -0.120. The lowest BCUT2D eigenvalue weighted by molar-refractivity contribution is -0.0613. The fourth-order valence-electron chi connectivity index (χ4n) is 0.898. The number of hydrogen-bond acceptors (Lipinski definition) is 3. The van der Waals surface area contributed by atoms with Crippen LogP contribution < -0.4 is 11.5 Å². The van der Waals surface area contributed by atoms with E-state index in [2.05, 4.69) is 20.8 Å². The molecule has 0 radical (unpaired) electrons. The summed E-state index contributed by atoms with van der Waals surface area (Å²) in [5.41, 5.74) is 11.4. The van der Waals surface area contributed by atoms with E-state index in [0.29, 0.717) is 19.1 Å². The second kappa shape index (κ2) is 5.28. The molecule has 0 aliphatic rings. The van der Waals surface area contributed by atoms with Crippen LogP contribution in [0.4, 0.5) is 0 Å². The van der Waals surface area contributed by atoms with Gasteiger partial charge >= 0.3 is 0 Å². The minimum atomic E-state index is -0.265. The fraction of sp³-hybridized carbons (Fsp3) is 1.00. The van der Waals surface area contributed by atoms with Gasteiger partial charge in [0.1, 0.15) is 0 Å². The van der Waals surface area contributed by atoms with E-state index in [9.17, 15) is 0 Å². The molecular weight excluding hydrogens is 188 g/mol. The Morgan fingerprint density at radius 3 is 1.93 bits per heavy atom. The Balaban J connectivity index is 4.17. The van der Waals surface area contributed by atoms with Crippen LogP contribution in [0.15, 0.2) is 0 Å². The van der Waals surface area contributed by atoms with Crippen LogP contribution in [0.2, 0.25) is 0 Å². The smallest absolute Gasteiger partial charge is 0.0774 e. The zero-order valence-electron chi connectivity index (χ0n) is 11.1. The molecule has 0 aromatic rings. The van der Waals surface area contributed by atoms with Crippen molar-refractivity contribution in [2.45, 2.75) is 53.2 Å². The van der Waals surface area contributed by atoms with E-state index in [-0.39, 0.29) is 17.1 Å². The summed E-state index contributed by atoms with van der Waals surface area (Å²) < 4.78 is 5.86. The number of rotatable bonds is 6. The summed E-state index contributed by atoms with van der Waals surface area (Å²) in [4.78, 5) is 0. The molecule has 0 saturated carbocycles. The largest absolute Gasteiger partial charge is 0.374 e. The average Bonchev–Trinajstić information content (AvgIpc) is 2.13. The molecule has 4 N–H and O–H groups in total. The SMILES string of the molecule is CC(COC(C)(C)C(C)N)C(C)(C)CN. The van der Waals surface area contributed by atoms with Gasteiger partial charge in [-0.25, -0.2) is 0 Å². The molecule has 2 unspecified atom stereocenters. The zero-order chi connectivity index (χ0) is 12.3. The molecule has 0 bridgehead atoms. The Morgan fingerprint density at radius 1 is 1.13 bits per heavy atom. The molecule has 0 aliphatic heterocycles. The van der Waals surface area contributed by atoms with Crippen LogP contribution in [0.1, 0.15) is 41.5 Å².